The summed E-state index contributed by atoms with van der Waals surface area (Å²) < 4.78 is 7.85. The van der Waals surface area contributed by atoms with Crippen molar-refractivity contribution in [3.63, 3.8) is 0 Å². The molecule has 0 saturated heterocycles. The van der Waals surface area contributed by atoms with Crippen molar-refractivity contribution in [2.45, 2.75) is 37.8 Å². The number of hydrogen-bond donors (Lipinski definition) is 2. The molecule has 5 rings (SSSR count). The predicted molar refractivity (Wildman–Crippen MR) is 115 cm³/mol. The van der Waals surface area contributed by atoms with Crippen LogP contribution < -0.4 is 10.5 Å². The molecule has 1 aliphatic rings. The zero-order chi connectivity index (χ0) is 20.5. The molecule has 4 aromatic rings. The van der Waals surface area contributed by atoms with E-state index in [0.29, 0.717) is 5.82 Å². The first kappa shape index (κ1) is 18.6. The highest BCUT2D eigenvalue weighted by Gasteiger charge is 2.26. The molecule has 0 aliphatic heterocycles. The van der Waals surface area contributed by atoms with Crippen LogP contribution in [0.25, 0.3) is 22.3 Å². The van der Waals surface area contributed by atoms with Crippen molar-refractivity contribution in [2.24, 2.45) is 0 Å². The molecule has 3 N–H and O–H groups in total. The van der Waals surface area contributed by atoms with E-state index in [-0.39, 0.29) is 12.1 Å². The molecule has 1 aliphatic carbocycles. The fourth-order valence-corrected chi connectivity index (χ4v) is 4.06. The van der Waals surface area contributed by atoms with Gasteiger partial charge in [0, 0.05) is 5.56 Å². The molecular formula is C23H23N5O2. The first-order chi connectivity index (χ1) is 14.7. The Morgan fingerprint density at radius 1 is 0.900 bits per heavy atom. The summed E-state index contributed by atoms with van der Waals surface area (Å²) in [6, 6.07) is 17.7. The van der Waals surface area contributed by atoms with Crippen LogP contribution in [0.3, 0.4) is 0 Å². The number of rotatable bonds is 4. The monoisotopic (exact) mass is 401 g/mol. The van der Waals surface area contributed by atoms with Gasteiger partial charge in [-0.15, -0.1) is 0 Å². The Hall–Kier alpha value is -3.45. The topological polar surface area (TPSA) is 99.1 Å². The average Bonchev–Trinajstić information content (AvgIpc) is 3.17. The summed E-state index contributed by atoms with van der Waals surface area (Å²) in [6.07, 6.45) is 4.53. The van der Waals surface area contributed by atoms with Crippen molar-refractivity contribution in [1.82, 2.24) is 19.7 Å². The van der Waals surface area contributed by atoms with E-state index < -0.39 is 0 Å². The number of aliphatic hydroxyl groups is 1. The van der Waals surface area contributed by atoms with Crippen molar-refractivity contribution < 1.29 is 9.84 Å². The second-order valence-electron chi connectivity index (χ2n) is 7.65. The molecule has 0 amide bonds. The molecule has 0 radical (unpaired) electrons. The molecule has 1 fully saturated rings. The fourth-order valence-electron chi connectivity index (χ4n) is 4.06. The molecule has 2 aromatic heterocycles. The minimum Gasteiger partial charge on any atom is -0.457 e. The zero-order valence-corrected chi connectivity index (χ0v) is 16.5. The van der Waals surface area contributed by atoms with Crippen molar-refractivity contribution in [3.8, 4) is 22.8 Å². The Morgan fingerprint density at radius 3 is 2.33 bits per heavy atom. The summed E-state index contributed by atoms with van der Waals surface area (Å²) in [5.74, 6) is 1.96. The van der Waals surface area contributed by atoms with Crippen LogP contribution >= 0.6 is 0 Å². The van der Waals surface area contributed by atoms with Gasteiger partial charge >= 0.3 is 0 Å². The van der Waals surface area contributed by atoms with Gasteiger partial charge in [0.1, 0.15) is 29.3 Å². The van der Waals surface area contributed by atoms with Gasteiger partial charge in [-0.25, -0.2) is 14.6 Å². The van der Waals surface area contributed by atoms with E-state index in [4.69, 9.17) is 15.6 Å². The summed E-state index contributed by atoms with van der Waals surface area (Å²) in [7, 11) is 0. The van der Waals surface area contributed by atoms with Crippen LogP contribution in [0.2, 0.25) is 0 Å². The Kier molecular flexibility index (Phi) is 4.80. The van der Waals surface area contributed by atoms with Gasteiger partial charge in [-0.1, -0.05) is 18.2 Å². The third-order valence-corrected chi connectivity index (χ3v) is 5.64. The van der Waals surface area contributed by atoms with E-state index in [1.54, 1.807) is 0 Å². The number of nitrogens with zero attached hydrogens (tertiary/aromatic N) is 4. The minimum absolute atomic E-state index is 0.194. The highest BCUT2D eigenvalue weighted by atomic mass is 16.5. The van der Waals surface area contributed by atoms with Gasteiger partial charge in [-0.05, 0) is 62.1 Å². The molecule has 7 nitrogen and oxygen atoms in total. The lowest BCUT2D eigenvalue weighted by molar-refractivity contribution is 0.109. The fraction of sp³-hybridized carbons (Fsp3) is 0.261. The number of hydrogen-bond acceptors (Lipinski definition) is 6. The molecule has 1 saturated carbocycles. The highest BCUT2D eigenvalue weighted by Crippen LogP contribution is 2.36. The third-order valence-electron chi connectivity index (χ3n) is 5.64. The Labute approximate surface area is 174 Å². The normalized spacial score (nSPS) is 19.1. The molecule has 7 heteroatoms. The van der Waals surface area contributed by atoms with E-state index in [1.807, 2.05) is 59.3 Å². The van der Waals surface area contributed by atoms with E-state index in [0.717, 1.165) is 59.5 Å². The maximum Gasteiger partial charge on any atom is 0.164 e. The van der Waals surface area contributed by atoms with Gasteiger partial charge in [0.15, 0.2) is 5.65 Å². The quantitative estimate of drug-likeness (QED) is 0.528. The van der Waals surface area contributed by atoms with Crippen molar-refractivity contribution in [1.29, 1.82) is 0 Å². The van der Waals surface area contributed by atoms with E-state index in [2.05, 4.69) is 9.97 Å². The summed E-state index contributed by atoms with van der Waals surface area (Å²) in [6.45, 7) is 0. The first-order valence-electron chi connectivity index (χ1n) is 10.2. The number of aromatic nitrogens is 4. The van der Waals surface area contributed by atoms with Gasteiger partial charge in [0.2, 0.25) is 0 Å². The zero-order valence-electron chi connectivity index (χ0n) is 16.5. The van der Waals surface area contributed by atoms with Gasteiger partial charge in [-0.3, -0.25) is 0 Å². The smallest absolute Gasteiger partial charge is 0.164 e. The number of benzene rings is 2. The number of para-hydroxylation sites is 1. The Balaban J connectivity index is 1.51. The molecular weight excluding hydrogens is 378 g/mol. The molecule has 2 aromatic carbocycles. The third kappa shape index (κ3) is 3.48. The van der Waals surface area contributed by atoms with Crippen LogP contribution in [0, 0.1) is 0 Å². The van der Waals surface area contributed by atoms with E-state index in [1.165, 1.54) is 6.33 Å². The minimum atomic E-state index is -0.223. The number of nitrogen functional groups attached to an aromatic ring is 1. The van der Waals surface area contributed by atoms with E-state index >= 15 is 0 Å². The highest BCUT2D eigenvalue weighted by molar-refractivity contribution is 5.98. The number of aliphatic hydroxyl groups excluding tert-OH is 1. The van der Waals surface area contributed by atoms with Crippen molar-refractivity contribution >= 4 is 16.9 Å². The Bertz CT molecular complexity index is 1150. The lowest BCUT2D eigenvalue weighted by Crippen LogP contribution is -2.22. The number of ether oxygens (including phenoxy) is 1. The van der Waals surface area contributed by atoms with Crippen LogP contribution in [0.4, 0.5) is 5.82 Å². The maximum atomic E-state index is 9.86. The predicted octanol–water partition coefficient (Wildman–Crippen LogP) is 4.34. The van der Waals surface area contributed by atoms with Crippen LogP contribution in [0.15, 0.2) is 60.9 Å². The van der Waals surface area contributed by atoms with Crippen molar-refractivity contribution in [2.75, 3.05) is 5.73 Å². The van der Waals surface area contributed by atoms with Crippen LogP contribution in [0.1, 0.15) is 31.7 Å². The maximum absolute atomic E-state index is 9.86. The largest absolute Gasteiger partial charge is 0.457 e. The molecule has 2 heterocycles. The van der Waals surface area contributed by atoms with Gasteiger partial charge in [0.05, 0.1) is 17.5 Å². The second-order valence-corrected chi connectivity index (χ2v) is 7.65. The number of fused-ring (bicyclic) bond motifs is 1. The Morgan fingerprint density at radius 2 is 1.60 bits per heavy atom. The molecule has 0 spiro atoms. The molecule has 0 atom stereocenters. The summed E-state index contributed by atoms with van der Waals surface area (Å²) in [5, 5.41) is 15.5. The SMILES string of the molecule is Nc1ncnc2c1c(-c1ccc(Oc3ccccc3)cc1)nn2[C@H]1CC[C@H](O)CC1. The van der Waals surface area contributed by atoms with Gasteiger partial charge < -0.3 is 15.6 Å². The molecule has 0 unspecified atom stereocenters. The van der Waals surface area contributed by atoms with Crippen LogP contribution in [-0.2, 0) is 0 Å². The summed E-state index contributed by atoms with van der Waals surface area (Å²) >= 11 is 0. The second kappa shape index (κ2) is 7.76. The number of nitrogens with two attached hydrogens (primary N) is 1. The molecule has 30 heavy (non-hydrogen) atoms. The average molecular weight is 401 g/mol. The summed E-state index contributed by atoms with van der Waals surface area (Å²) in [5.41, 5.74) is 8.65. The van der Waals surface area contributed by atoms with E-state index in [9.17, 15) is 5.11 Å². The first-order valence-corrected chi connectivity index (χ1v) is 10.2. The molecule has 0 bridgehead atoms. The van der Waals surface area contributed by atoms with Crippen LogP contribution in [-0.4, -0.2) is 31.0 Å². The van der Waals surface area contributed by atoms with Crippen LogP contribution in [0.5, 0.6) is 11.5 Å². The lowest BCUT2D eigenvalue weighted by Gasteiger charge is -2.25. The standard InChI is InChI=1S/C23H23N5O2/c24-22-20-21(15-6-12-19(13-7-15)30-18-4-2-1-3-5-18)27-28(23(20)26-14-25-22)16-8-10-17(29)11-9-16/h1-7,12-14,16-17,29H,8-11H2,(H2,24,25,26)/t16-,17-. The van der Waals surface area contributed by atoms with Crippen molar-refractivity contribution in [3.05, 3.63) is 60.9 Å². The lowest BCUT2D eigenvalue weighted by atomic mass is 9.93. The number of anilines is 1. The summed E-state index contributed by atoms with van der Waals surface area (Å²) in [4.78, 5) is 8.66. The molecule has 152 valence electrons. The van der Waals surface area contributed by atoms with Gasteiger partial charge in [-0.2, -0.15) is 5.10 Å². The van der Waals surface area contributed by atoms with Gasteiger partial charge in [0.25, 0.3) is 0 Å².